The highest BCUT2D eigenvalue weighted by Gasteiger charge is 2.32. The van der Waals surface area contributed by atoms with Gasteiger partial charge in [-0.1, -0.05) is 0 Å². The third-order valence-electron chi connectivity index (χ3n) is 3.01. The van der Waals surface area contributed by atoms with Crippen molar-refractivity contribution >= 4 is 19.6 Å². The maximum Gasteiger partial charge on any atom is 0.747 e. The molecular formula is C13H19NO5PS+. The quantitative estimate of drug-likeness (QED) is 0.650. The van der Waals surface area contributed by atoms with Crippen LogP contribution in [0.3, 0.4) is 0 Å². The van der Waals surface area contributed by atoms with Crippen molar-refractivity contribution in [2.24, 2.45) is 0 Å². The standard InChI is InChI=1S/C13H18NO5PS/c1-13(2,3)21(17)14-11-6-7-18-12-8-9(19-20(15)16)4-5-10(11)12/h4-5,8,11,14H,6-7H2,1-3H3/p+1. The molecule has 0 saturated heterocycles. The highest BCUT2D eigenvalue weighted by atomic mass is 32.2. The largest absolute Gasteiger partial charge is 0.747 e. The fourth-order valence-corrected chi connectivity index (χ4v) is 3.10. The van der Waals surface area contributed by atoms with Crippen molar-refractivity contribution in [3.05, 3.63) is 23.8 Å². The molecule has 2 rings (SSSR count). The summed E-state index contributed by atoms with van der Waals surface area (Å²) >= 11 is -1.18. The van der Waals surface area contributed by atoms with E-state index in [2.05, 4.69) is 4.72 Å². The van der Waals surface area contributed by atoms with Gasteiger partial charge in [0, 0.05) is 34.0 Å². The Balaban J connectivity index is 2.18. The van der Waals surface area contributed by atoms with Crippen LogP contribution in [0.2, 0.25) is 0 Å². The number of nitrogens with one attached hydrogen (secondary N) is 1. The molecule has 0 saturated carbocycles. The van der Waals surface area contributed by atoms with Crippen molar-refractivity contribution in [2.75, 3.05) is 6.61 Å². The van der Waals surface area contributed by atoms with E-state index in [0.717, 1.165) is 5.56 Å². The SMILES string of the molecule is CC(C)(C)[S+]([O-])NC1CCOc2cc(O[P+](=O)O)ccc21. The lowest BCUT2D eigenvalue weighted by atomic mass is 10.0. The summed E-state index contributed by atoms with van der Waals surface area (Å²) in [5, 5.41) is 0. The van der Waals surface area contributed by atoms with Gasteiger partial charge < -0.3 is 9.29 Å². The van der Waals surface area contributed by atoms with E-state index in [1.165, 1.54) is 0 Å². The van der Waals surface area contributed by atoms with Gasteiger partial charge >= 0.3 is 8.25 Å². The molecule has 1 aliphatic heterocycles. The van der Waals surface area contributed by atoms with Gasteiger partial charge in [0.15, 0.2) is 5.75 Å². The zero-order valence-electron chi connectivity index (χ0n) is 12.2. The Kier molecular flexibility index (Phi) is 5.11. The van der Waals surface area contributed by atoms with Gasteiger partial charge in [0.1, 0.15) is 10.5 Å². The maximum absolute atomic E-state index is 12.2. The van der Waals surface area contributed by atoms with Gasteiger partial charge in [-0.2, -0.15) is 0 Å². The third-order valence-corrected chi connectivity index (χ3v) is 4.99. The summed E-state index contributed by atoms with van der Waals surface area (Å²) in [7, 11) is -2.70. The van der Waals surface area contributed by atoms with Crippen LogP contribution in [0, 0.1) is 0 Å². The van der Waals surface area contributed by atoms with Crippen molar-refractivity contribution in [3.63, 3.8) is 0 Å². The zero-order valence-corrected chi connectivity index (χ0v) is 13.9. The van der Waals surface area contributed by atoms with Crippen LogP contribution < -0.4 is 14.0 Å². The molecule has 3 atom stereocenters. The zero-order chi connectivity index (χ0) is 15.6. The van der Waals surface area contributed by atoms with Gasteiger partial charge in [-0.25, -0.2) is 4.52 Å². The monoisotopic (exact) mass is 332 g/mol. The molecule has 1 aromatic rings. The van der Waals surface area contributed by atoms with Gasteiger partial charge in [0.25, 0.3) is 0 Å². The smallest absolute Gasteiger partial charge is 0.598 e. The normalized spacial score (nSPS) is 20.2. The van der Waals surface area contributed by atoms with Crippen LogP contribution >= 0.6 is 8.25 Å². The van der Waals surface area contributed by atoms with Crippen LogP contribution in [-0.4, -0.2) is 20.8 Å². The first-order valence-electron chi connectivity index (χ1n) is 6.56. The first-order valence-corrected chi connectivity index (χ1v) is 8.84. The van der Waals surface area contributed by atoms with Gasteiger partial charge in [-0.3, -0.25) is 0 Å². The first-order chi connectivity index (χ1) is 9.77. The minimum atomic E-state index is -2.70. The number of hydrogen-bond acceptors (Lipinski definition) is 5. The summed E-state index contributed by atoms with van der Waals surface area (Å²) in [5.74, 6) is 0.856. The molecule has 116 valence electrons. The van der Waals surface area contributed by atoms with E-state index in [0.29, 0.717) is 18.8 Å². The van der Waals surface area contributed by atoms with E-state index in [1.807, 2.05) is 20.8 Å². The average Bonchev–Trinajstić information content (AvgIpc) is 2.36. The summed E-state index contributed by atoms with van der Waals surface area (Å²) < 4.78 is 36.0. The number of hydrogen-bond donors (Lipinski definition) is 2. The summed E-state index contributed by atoms with van der Waals surface area (Å²) in [4.78, 5) is 8.76. The van der Waals surface area contributed by atoms with Crippen LogP contribution in [0.4, 0.5) is 0 Å². The summed E-state index contributed by atoms with van der Waals surface area (Å²) in [5.41, 5.74) is 0.874. The summed E-state index contributed by atoms with van der Waals surface area (Å²) in [6.45, 7) is 6.21. The summed E-state index contributed by atoms with van der Waals surface area (Å²) in [6, 6.07) is 4.86. The molecule has 0 aliphatic carbocycles. The van der Waals surface area contributed by atoms with Crippen LogP contribution in [0.15, 0.2) is 18.2 Å². The van der Waals surface area contributed by atoms with Crippen molar-refractivity contribution in [3.8, 4) is 11.5 Å². The molecule has 0 aromatic heterocycles. The number of benzene rings is 1. The summed E-state index contributed by atoms with van der Waals surface area (Å²) in [6.07, 6.45) is 0.712. The lowest BCUT2D eigenvalue weighted by Crippen LogP contribution is -2.42. The van der Waals surface area contributed by atoms with Crippen LogP contribution in [0.25, 0.3) is 0 Å². The average molecular weight is 332 g/mol. The van der Waals surface area contributed by atoms with Crippen molar-refractivity contribution in [2.45, 2.75) is 38.0 Å². The molecule has 2 N–H and O–H groups in total. The van der Waals surface area contributed by atoms with Gasteiger partial charge in [-0.15, -0.1) is 9.62 Å². The Morgan fingerprint density at radius 1 is 1.52 bits per heavy atom. The van der Waals surface area contributed by atoms with Crippen molar-refractivity contribution in [1.82, 2.24) is 4.72 Å². The minimum Gasteiger partial charge on any atom is -0.598 e. The molecule has 0 amide bonds. The van der Waals surface area contributed by atoms with E-state index in [4.69, 9.17) is 14.2 Å². The predicted octanol–water partition coefficient (Wildman–Crippen LogP) is 2.59. The molecule has 0 spiro atoms. The molecule has 3 unspecified atom stereocenters. The van der Waals surface area contributed by atoms with Crippen molar-refractivity contribution in [1.29, 1.82) is 0 Å². The maximum atomic E-state index is 12.2. The van der Waals surface area contributed by atoms with Crippen LogP contribution in [0.1, 0.15) is 38.8 Å². The molecule has 1 aliphatic rings. The Hall–Kier alpha value is -0.850. The second kappa shape index (κ2) is 6.50. The van der Waals surface area contributed by atoms with Gasteiger partial charge in [0.05, 0.1) is 12.6 Å². The Labute approximate surface area is 128 Å². The minimum absolute atomic E-state index is 0.0780. The lowest BCUT2D eigenvalue weighted by molar-refractivity contribution is 0.261. The lowest BCUT2D eigenvalue weighted by Gasteiger charge is -2.31. The second-order valence-corrected chi connectivity index (χ2v) is 8.37. The number of fused-ring (bicyclic) bond motifs is 1. The fraction of sp³-hybridized carbons (Fsp3) is 0.538. The van der Waals surface area contributed by atoms with Crippen molar-refractivity contribution < 1.29 is 23.3 Å². The first kappa shape index (κ1) is 16.5. The second-order valence-electron chi connectivity index (χ2n) is 5.72. The molecule has 0 bridgehead atoms. The number of ether oxygens (including phenoxy) is 1. The number of rotatable bonds is 4. The highest BCUT2D eigenvalue weighted by Crippen LogP contribution is 2.37. The topological polar surface area (TPSA) is 90.9 Å². The van der Waals surface area contributed by atoms with Gasteiger partial charge in [0.2, 0.25) is 0 Å². The van der Waals surface area contributed by atoms with E-state index in [-0.39, 0.29) is 16.5 Å². The predicted molar refractivity (Wildman–Crippen MR) is 80.8 cm³/mol. The highest BCUT2D eigenvalue weighted by molar-refractivity contribution is 7.90. The van der Waals surface area contributed by atoms with Gasteiger partial charge in [-0.05, 0) is 32.9 Å². The molecule has 21 heavy (non-hydrogen) atoms. The van der Waals surface area contributed by atoms with E-state index in [1.54, 1.807) is 18.2 Å². The van der Waals surface area contributed by atoms with Crippen LogP contribution in [0.5, 0.6) is 11.5 Å². The van der Waals surface area contributed by atoms with Crippen LogP contribution in [-0.2, 0) is 15.9 Å². The fourth-order valence-electron chi connectivity index (χ4n) is 1.95. The Bertz CT molecular complexity index is 534. The van der Waals surface area contributed by atoms with E-state index < -0.39 is 19.6 Å². The van der Waals surface area contributed by atoms with E-state index in [9.17, 15) is 9.12 Å². The Morgan fingerprint density at radius 3 is 2.86 bits per heavy atom. The molecular weight excluding hydrogens is 313 g/mol. The molecule has 1 heterocycles. The molecule has 6 nitrogen and oxygen atoms in total. The molecule has 0 fully saturated rings. The molecule has 1 aromatic carbocycles. The molecule has 0 radical (unpaired) electrons. The molecule has 8 heteroatoms. The third kappa shape index (κ3) is 4.31. The Morgan fingerprint density at radius 2 is 2.24 bits per heavy atom. The van der Waals surface area contributed by atoms with E-state index >= 15 is 0 Å².